The molecule has 0 aliphatic rings. The summed E-state index contributed by atoms with van der Waals surface area (Å²) in [4.78, 5) is 4.11. The summed E-state index contributed by atoms with van der Waals surface area (Å²) in [5, 5.41) is 0.521. The Balaban J connectivity index is 2.48. The molecule has 88 valence electrons. The molecule has 3 heteroatoms. The summed E-state index contributed by atoms with van der Waals surface area (Å²) in [5.41, 5.74) is 3.55. The van der Waals surface area contributed by atoms with Crippen LogP contribution in [0.15, 0.2) is 41.0 Å². The van der Waals surface area contributed by atoms with Crippen molar-refractivity contribution in [2.45, 2.75) is 19.8 Å². The van der Waals surface area contributed by atoms with E-state index in [1.807, 2.05) is 12.1 Å². The van der Waals surface area contributed by atoms with Crippen LogP contribution >= 0.6 is 27.5 Å². The van der Waals surface area contributed by atoms with Crippen molar-refractivity contribution in [1.29, 1.82) is 0 Å². The van der Waals surface area contributed by atoms with Gasteiger partial charge in [0.2, 0.25) is 0 Å². The minimum Gasteiger partial charge on any atom is -0.244 e. The number of rotatable bonds is 2. The van der Waals surface area contributed by atoms with E-state index < -0.39 is 0 Å². The number of hydrogen-bond acceptors (Lipinski definition) is 1. The summed E-state index contributed by atoms with van der Waals surface area (Å²) < 4.78 is 1.09. The zero-order valence-corrected chi connectivity index (χ0v) is 12.1. The first-order chi connectivity index (χ1) is 8.06. The minimum atomic E-state index is 0.506. The Morgan fingerprint density at radius 3 is 2.47 bits per heavy atom. The van der Waals surface area contributed by atoms with Gasteiger partial charge in [-0.15, -0.1) is 0 Å². The fourth-order valence-electron chi connectivity index (χ4n) is 1.66. The highest BCUT2D eigenvalue weighted by Crippen LogP contribution is 2.28. The Morgan fingerprint density at radius 1 is 1.12 bits per heavy atom. The molecule has 1 aromatic carbocycles. The number of hydrogen-bond donors (Lipinski definition) is 0. The van der Waals surface area contributed by atoms with Crippen molar-refractivity contribution < 1.29 is 0 Å². The monoisotopic (exact) mass is 309 g/mol. The molecule has 1 aromatic heterocycles. The van der Waals surface area contributed by atoms with Gasteiger partial charge in [-0.05, 0) is 41.3 Å². The highest BCUT2D eigenvalue weighted by atomic mass is 79.9. The molecule has 0 aliphatic heterocycles. The van der Waals surface area contributed by atoms with Gasteiger partial charge in [-0.3, -0.25) is 0 Å². The molecule has 0 radical (unpaired) electrons. The molecule has 0 atom stereocenters. The molecule has 0 amide bonds. The maximum absolute atomic E-state index is 5.79. The van der Waals surface area contributed by atoms with Crippen molar-refractivity contribution in [3.05, 3.63) is 51.7 Å². The maximum Gasteiger partial charge on any atom is 0.129 e. The van der Waals surface area contributed by atoms with Gasteiger partial charge in [0, 0.05) is 16.2 Å². The lowest BCUT2D eigenvalue weighted by Gasteiger charge is -2.09. The largest absolute Gasteiger partial charge is 0.244 e. The van der Waals surface area contributed by atoms with Gasteiger partial charge in [0.25, 0.3) is 0 Å². The molecular weight excluding hydrogens is 298 g/mol. The number of halogens is 2. The topological polar surface area (TPSA) is 12.9 Å². The van der Waals surface area contributed by atoms with E-state index in [0.29, 0.717) is 11.1 Å². The summed E-state index contributed by atoms with van der Waals surface area (Å²) in [6.07, 6.45) is 1.80. The van der Waals surface area contributed by atoms with Gasteiger partial charge < -0.3 is 0 Å². The van der Waals surface area contributed by atoms with Gasteiger partial charge in [0.1, 0.15) is 5.15 Å². The normalized spacial score (nSPS) is 10.9. The average Bonchev–Trinajstić information content (AvgIpc) is 2.29. The van der Waals surface area contributed by atoms with Gasteiger partial charge >= 0.3 is 0 Å². The van der Waals surface area contributed by atoms with E-state index >= 15 is 0 Å². The molecule has 0 unspecified atom stereocenters. The van der Waals surface area contributed by atoms with Crippen molar-refractivity contribution in [3.63, 3.8) is 0 Å². The highest BCUT2D eigenvalue weighted by Gasteiger charge is 2.05. The van der Waals surface area contributed by atoms with E-state index in [1.54, 1.807) is 6.20 Å². The van der Waals surface area contributed by atoms with Gasteiger partial charge in [0.05, 0.1) is 0 Å². The second-order valence-electron chi connectivity index (χ2n) is 4.30. The zero-order chi connectivity index (χ0) is 12.4. The Hall–Kier alpha value is -0.860. The molecule has 0 fully saturated rings. The van der Waals surface area contributed by atoms with E-state index in [-0.39, 0.29) is 0 Å². The second kappa shape index (κ2) is 5.19. The molecule has 0 bridgehead atoms. The Labute approximate surface area is 115 Å². The van der Waals surface area contributed by atoms with Crippen LogP contribution in [0.5, 0.6) is 0 Å². The van der Waals surface area contributed by atoms with Crippen molar-refractivity contribution in [2.24, 2.45) is 0 Å². The first-order valence-corrected chi connectivity index (χ1v) is 6.66. The zero-order valence-electron chi connectivity index (χ0n) is 9.74. The van der Waals surface area contributed by atoms with Crippen LogP contribution in [0.1, 0.15) is 25.3 Å². The van der Waals surface area contributed by atoms with Crippen LogP contribution in [0.4, 0.5) is 0 Å². The first-order valence-electron chi connectivity index (χ1n) is 5.48. The molecular formula is C14H13BrClN. The predicted molar refractivity (Wildman–Crippen MR) is 76.5 cm³/mol. The molecule has 1 nitrogen and oxygen atoms in total. The summed E-state index contributed by atoms with van der Waals surface area (Å²) in [6, 6.07) is 10.2. The molecule has 0 N–H and O–H groups in total. The van der Waals surface area contributed by atoms with Gasteiger partial charge in [-0.25, -0.2) is 4.98 Å². The van der Waals surface area contributed by atoms with Gasteiger partial charge in [-0.1, -0.05) is 47.4 Å². The van der Waals surface area contributed by atoms with E-state index in [9.17, 15) is 0 Å². The van der Waals surface area contributed by atoms with Gasteiger partial charge in [-0.2, -0.15) is 0 Å². The van der Waals surface area contributed by atoms with Crippen LogP contribution in [0.25, 0.3) is 11.1 Å². The number of aromatic nitrogens is 1. The van der Waals surface area contributed by atoms with E-state index in [4.69, 9.17) is 11.6 Å². The van der Waals surface area contributed by atoms with Crippen molar-refractivity contribution in [2.75, 3.05) is 0 Å². The third-order valence-corrected chi connectivity index (χ3v) is 3.33. The molecule has 0 aliphatic carbocycles. The summed E-state index contributed by atoms with van der Waals surface area (Å²) >= 11 is 9.34. The molecule has 2 aromatic rings. The maximum atomic E-state index is 5.79. The SMILES string of the molecule is CC(C)c1cc(Br)cc(-c2ccc(Cl)nc2)c1. The minimum absolute atomic E-state index is 0.506. The summed E-state index contributed by atoms with van der Waals surface area (Å²) in [7, 11) is 0. The van der Waals surface area contributed by atoms with Crippen LogP contribution in [-0.4, -0.2) is 4.98 Å². The molecule has 17 heavy (non-hydrogen) atoms. The lowest BCUT2D eigenvalue weighted by Crippen LogP contribution is -1.89. The Kier molecular flexibility index (Phi) is 3.85. The summed E-state index contributed by atoms with van der Waals surface area (Å²) in [6.45, 7) is 4.37. The van der Waals surface area contributed by atoms with Crippen LogP contribution in [-0.2, 0) is 0 Å². The molecule has 0 saturated heterocycles. The molecule has 0 spiro atoms. The van der Waals surface area contributed by atoms with Crippen LogP contribution in [0.3, 0.4) is 0 Å². The van der Waals surface area contributed by atoms with Crippen molar-refractivity contribution >= 4 is 27.5 Å². The van der Waals surface area contributed by atoms with E-state index in [2.05, 4.69) is 53.0 Å². The van der Waals surface area contributed by atoms with Crippen LogP contribution in [0, 0.1) is 0 Å². The smallest absolute Gasteiger partial charge is 0.129 e. The van der Waals surface area contributed by atoms with Crippen LogP contribution in [0.2, 0.25) is 5.15 Å². The standard InChI is InChI=1S/C14H13BrClN/c1-9(2)11-5-12(7-13(15)6-11)10-3-4-14(16)17-8-10/h3-9H,1-2H3. The van der Waals surface area contributed by atoms with Crippen molar-refractivity contribution in [3.8, 4) is 11.1 Å². The number of benzene rings is 1. The quantitative estimate of drug-likeness (QED) is 0.687. The second-order valence-corrected chi connectivity index (χ2v) is 5.60. The van der Waals surface area contributed by atoms with Crippen LogP contribution < -0.4 is 0 Å². The molecule has 0 saturated carbocycles. The lowest BCUT2D eigenvalue weighted by molar-refractivity contribution is 0.866. The number of pyridine rings is 1. The van der Waals surface area contributed by atoms with Gasteiger partial charge in [0.15, 0.2) is 0 Å². The Bertz CT molecular complexity index is 520. The van der Waals surface area contributed by atoms with E-state index in [1.165, 1.54) is 5.56 Å². The van der Waals surface area contributed by atoms with Crippen molar-refractivity contribution in [1.82, 2.24) is 4.98 Å². The predicted octanol–water partition coefficient (Wildman–Crippen LogP) is 5.29. The third kappa shape index (κ3) is 3.08. The fourth-order valence-corrected chi connectivity index (χ4v) is 2.28. The van der Waals surface area contributed by atoms with E-state index in [0.717, 1.165) is 15.6 Å². The molecule has 1 heterocycles. The Morgan fingerprint density at radius 2 is 1.88 bits per heavy atom. The fraction of sp³-hybridized carbons (Fsp3) is 0.214. The summed E-state index contributed by atoms with van der Waals surface area (Å²) in [5.74, 6) is 0.506. The molecule has 2 rings (SSSR count). The first kappa shape index (κ1) is 12.6. The third-order valence-electron chi connectivity index (χ3n) is 2.65. The number of nitrogens with zero attached hydrogens (tertiary/aromatic N) is 1. The highest BCUT2D eigenvalue weighted by molar-refractivity contribution is 9.10. The average molecular weight is 311 g/mol. The lowest BCUT2D eigenvalue weighted by atomic mass is 9.98.